The van der Waals surface area contributed by atoms with E-state index >= 15 is 0 Å². The first-order chi connectivity index (χ1) is 13.8. The average Bonchev–Trinajstić information content (AvgIpc) is 3.15. The number of hydrogen-bond donors (Lipinski definition) is 0. The van der Waals surface area contributed by atoms with Crippen molar-refractivity contribution in [2.45, 2.75) is 96.8 Å². The van der Waals surface area contributed by atoms with Crippen molar-refractivity contribution in [3.63, 3.8) is 0 Å². The lowest BCUT2D eigenvalue weighted by Crippen LogP contribution is -2.12. The van der Waals surface area contributed by atoms with E-state index in [0.29, 0.717) is 6.42 Å². The lowest BCUT2D eigenvalue weighted by Gasteiger charge is -2.03. The van der Waals surface area contributed by atoms with E-state index in [4.69, 9.17) is 0 Å². The quantitative estimate of drug-likeness (QED) is 0.243. The summed E-state index contributed by atoms with van der Waals surface area (Å²) in [4.78, 5) is 12.3. The minimum Gasteiger partial charge on any atom is -0.273 e. The van der Waals surface area contributed by atoms with E-state index in [0.717, 1.165) is 23.9 Å². The Hall–Kier alpha value is -1.97. The van der Waals surface area contributed by atoms with Crippen LogP contribution in [0.15, 0.2) is 36.4 Å². The number of unbranched alkanes of at least 4 members (excludes halogenated alkanes) is 11. The second-order valence-electron chi connectivity index (χ2n) is 7.72. The highest BCUT2D eigenvalue weighted by molar-refractivity contribution is 5.88. The summed E-state index contributed by atoms with van der Waals surface area (Å²) in [7, 11) is 0. The lowest BCUT2D eigenvalue weighted by atomic mass is 10.0. The van der Waals surface area contributed by atoms with Crippen LogP contribution in [0, 0.1) is 0 Å². The number of rotatable bonds is 15. The Labute approximate surface area is 170 Å². The Balaban J connectivity index is 1.41. The van der Waals surface area contributed by atoms with Gasteiger partial charge in [0.25, 0.3) is 0 Å². The number of fused-ring (bicyclic) bond motifs is 1. The minimum absolute atomic E-state index is 0.0539. The topological polar surface area (TPSA) is 47.8 Å². The molecule has 0 aliphatic carbocycles. The maximum Gasteiger partial charge on any atom is 0.248 e. The number of carbonyl (C=O) groups excluding carboxylic acids is 1. The summed E-state index contributed by atoms with van der Waals surface area (Å²) in [6.45, 7) is 2.23. The molecule has 0 aliphatic rings. The second-order valence-corrected chi connectivity index (χ2v) is 7.72. The molecular weight excluding hydrogens is 346 g/mol. The summed E-state index contributed by atoms with van der Waals surface area (Å²) in [5.41, 5.74) is 1.59. The van der Waals surface area contributed by atoms with Crippen LogP contribution in [0.2, 0.25) is 0 Å². The fourth-order valence-corrected chi connectivity index (χ4v) is 3.51. The van der Waals surface area contributed by atoms with Crippen molar-refractivity contribution in [2.75, 3.05) is 0 Å². The van der Waals surface area contributed by atoms with Crippen molar-refractivity contribution < 1.29 is 4.79 Å². The van der Waals surface area contributed by atoms with Gasteiger partial charge in [0.15, 0.2) is 0 Å². The van der Waals surface area contributed by atoms with Crippen LogP contribution in [0.4, 0.5) is 0 Å². The number of allylic oxidation sites excluding steroid dienone is 2. The molecule has 0 aliphatic heterocycles. The predicted octanol–water partition coefficient (Wildman–Crippen LogP) is 7.11. The first-order valence-electron chi connectivity index (χ1n) is 11.3. The summed E-state index contributed by atoms with van der Waals surface area (Å²) >= 11 is 0. The first-order valence-corrected chi connectivity index (χ1v) is 11.3. The maximum atomic E-state index is 12.3. The molecule has 0 saturated heterocycles. The fourth-order valence-electron chi connectivity index (χ4n) is 3.51. The van der Waals surface area contributed by atoms with Gasteiger partial charge in [-0.05, 0) is 37.8 Å². The van der Waals surface area contributed by atoms with Gasteiger partial charge in [-0.15, -0.1) is 5.10 Å². The fraction of sp³-hybridized carbons (Fsp3) is 0.625. The van der Waals surface area contributed by atoms with Crippen molar-refractivity contribution in [2.24, 2.45) is 0 Å². The third-order valence-electron chi connectivity index (χ3n) is 5.22. The molecule has 4 heteroatoms. The van der Waals surface area contributed by atoms with Crippen molar-refractivity contribution in [3.05, 3.63) is 36.4 Å². The molecule has 0 atom stereocenters. The molecule has 0 unspecified atom stereocenters. The van der Waals surface area contributed by atoms with Crippen molar-refractivity contribution >= 4 is 16.9 Å². The van der Waals surface area contributed by atoms with Crippen LogP contribution >= 0.6 is 0 Å². The average molecular weight is 384 g/mol. The molecule has 1 aromatic carbocycles. The van der Waals surface area contributed by atoms with E-state index in [-0.39, 0.29) is 5.91 Å². The van der Waals surface area contributed by atoms with Crippen molar-refractivity contribution in [1.29, 1.82) is 0 Å². The van der Waals surface area contributed by atoms with Gasteiger partial charge in [0.05, 0.1) is 5.52 Å². The van der Waals surface area contributed by atoms with Crippen LogP contribution in [-0.2, 0) is 0 Å². The highest BCUT2D eigenvalue weighted by Crippen LogP contribution is 2.14. The molecular formula is C24H37N3O. The molecule has 28 heavy (non-hydrogen) atoms. The van der Waals surface area contributed by atoms with Crippen LogP contribution in [0.3, 0.4) is 0 Å². The van der Waals surface area contributed by atoms with Gasteiger partial charge >= 0.3 is 0 Å². The van der Waals surface area contributed by atoms with Gasteiger partial charge in [0.2, 0.25) is 5.91 Å². The number of aromatic nitrogens is 3. The smallest absolute Gasteiger partial charge is 0.248 e. The van der Waals surface area contributed by atoms with Gasteiger partial charge in [-0.25, -0.2) is 0 Å². The molecule has 0 saturated carbocycles. The van der Waals surface area contributed by atoms with Gasteiger partial charge in [-0.3, -0.25) is 4.79 Å². The molecule has 1 heterocycles. The molecule has 0 fully saturated rings. The Morgan fingerprint density at radius 2 is 1.46 bits per heavy atom. The molecule has 0 amide bonds. The molecule has 2 aromatic rings. The largest absolute Gasteiger partial charge is 0.273 e. The Kier molecular flexibility index (Phi) is 11.2. The van der Waals surface area contributed by atoms with Crippen LogP contribution in [0.1, 0.15) is 102 Å². The zero-order valence-corrected chi connectivity index (χ0v) is 17.6. The third-order valence-corrected chi connectivity index (χ3v) is 5.22. The maximum absolute atomic E-state index is 12.3. The highest BCUT2D eigenvalue weighted by atomic mass is 16.2. The molecule has 1 aromatic heterocycles. The van der Waals surface area contributed by atoms with Gasteiger partial charge in [-0.1, -0.05) is 94.2 Å². The van der Waals surface area contributed by atoms with E-state index < -0.39 is 0 Å². The lowest BCUT2D eigenvalue weighted by molar-refractivity contribution is 0.0886. The van der Waals surface area contributed by atoms with Gasteiger partial charge < -0.3 is 0 Å². The van der Waals surface area contributed by atoms with E-state index in [1.54, 1.807) is 0 Å². The third kappa shape index (κ3) is 8.37. The highest BCUT2D eigenvalue weighted by Gasteiger charge is 2.10. The molecule has 154 valence electrons. The summed E-state index contributed by atoms with van der Waals surface area (Å²) in [5.74, 6) is 0.0539. The Morgan fingerprint density at radius 3 is 2.18 bits per heavy atom. The van der Waals surface area contributed by atoms with Crippen LogP contribution in [-0.4, -0.2) is 20.9 Å². The van der Waals surface area contributed by atoms with Crippen molar-refractivity contribution in [1.82, 2.24) is 15.0 Å². The van der Waals surface area contributed by atoms with E-state index in [1.165, 1.54) is 75.3 Å². The number of carbonyl (C=O) groups is 1. The predicted molar refractivity (Wildman–Crippen MR) is 118 cm³/mol. The number of hydrogen-bond acceptors (Lipinski definition) is 3. The van der Waals surface area contributed by atoms with Gasteiger partial charge in [0, 0.05) is 6.42 Å². The standard InChI is InChI=1S/C24H37N3O/c1-2-3-4-5-6-7-8-9-10-11-12-13-14-15-16-21-24(28)27-23-20-18-17-19-22(23)25-26-27/h4-5,17-20H,2-3,6-16,21H2,1H3/b5-4+. The number of benzene rings is 1. The van der Waals surface area contributed by atoms with Crippen LogP contribution < -0.4 is 0 Å². The first kappa shape index (κ1) is 22.3. The SMILES string of the molecule is CCC/C=C/CCCCCCCCCCCCC(=O)n1nnc2ccccc21. The monoisotopic (exact) mass is 383 g/mol. The van der Waals surface area contributed by atoms with Crippen molar-refractivity contribution in [3.8, 4) is 0 Å². The van der Waals surface area contributed by atoms with Crippen LogP contribution in [0.25, 0.3) is 11.0 Å². The Bertz CT molecular complexity index is 705. The van der Waals surface area contributed by atoms with Crippen LogP contribution in [0.5, 0.6) is 0 Å². The second kappa shape index (κ2) is 14.1. The normalized spacial score (nSPS) is 11.6. The zero-order chi connectivity index (χ0) is 19.9. The number of para-hydroxylation sites is 1. The summed E-state index contributed by atoms with van der Waals surface area (Å²) in [5, 5.41) is 8.05. The molecule has 2 rings (SSSR count). The summed E-state index contributed by atoms with van der Waals surface area (Å²) < 4.78 is 1.45. The minimum atomic E-state index is 0.0539. The summed E-state index contributed by atoms with van der Waals surface area (Å²) in [6, 6.07) is 7.62. The molecule has 4 nitrogen and oxygen atoms in total. The molecule has 0 bridgehead atoms. The molecule has 0 spiro atoms. The van der Waals surface area contributed by atoms with E-state index in [9.17, 15) is 4.79 Å². The zero-order valence-electron chi connectivity index (χ0n) is 17.6. The Morgan fingerprint density at radius 1 is 0.857 bits per heavy atom. The molecule has 0 N–H and O–H groups in total. The van der Waals surface area contributed by atoms with Gasteiger partial charge in [-0.2, -0.15) is 4.68 Å². The summed E-state index contributed by atoms with van der Waals surface area (Å²) in [6.07, 6.45) is 21.7. The van der Waals surface area contributed by atoms with E-state index in [2.05, 4.69) is 29.4 Å². The van der Waals surface area contributed by atoms with E-state index in [1.807, 2.05) is 24.3 Å². The molecule has 0 radical (unpaired) electrons. The number of nitrogens with zero attached hydrogens (tertiary/aromatic N) is 3. The van der Waals surface area contributed by atoms with Gasteiger partial charge in [0.1, 0.15) is 5.52 Å².